The number of benzene rings is 2. The first-order valence-corrected chi connectivity index (χ1v) is 8.45. The van der Waals surface area contributed by atoms with Gasteiger partial charge in [-0.05, 0) is 44.2 Å². The minimum Gasteiger partial charge on any atom is -0.494 e. The van der Waals surface area contributed by atoms with E-state index in [-0.39, 0.29) is 0 Å². The van der Waals surface area contributed by atoms with E-state index in [2.05, 4.69) is 10.5 Å². The minimum absolute atomic E-state index is 0.358. The molecule has 1 amide bonds. The summed E-state index contributed by atoms with van der Waals surface area (Å²) in [6.45, 7) is 4.10. The molecule has 0 aliphatic carbocycles. The third-order valence-electron chi connectivity index (χ3n) is 3.56. The van der Waals surface area contributed by atoms with E-state index in [9.17, 15) is 9.59 Å². The van der Waals surface area contributed by atoms with Crippen LogP contribution in [0.15, 0.2) is 53.6 Å². The van der Waals surface area contributed by atoms with Gasteiger partial charge in [0.25, 0.3) is 5.91 Å². The van der Waals surface area contributed by atoms with Crippen molar-refractivity contribution in [1.82, 2.24) is 5.43 Å². The summed E-state index contributed by atoms with van der Waals surface area (Å²) in [4.78, 5) is 23.8. The van der Waals surface area contributed by atoms with Gasteiger partial charge < -0.3 is 14.2 Å². The van der Waals surface area contributed by atoms with E-state index in [1.54, 1.807) is 55.5 Å². The van der Waals surface area contributed by atoms with Gasteiger partial charge in [-0.3, -0.25) is 4.79 Å². The summed E-state index contributed by atoms with van der Waals surface area (Å²) in [5, 5.41) is 3.89. The molecule has 7 heteroatoms. The molecule has 0 aliphatic heterocycles. The Labute approximate surface area is 157 Å². The van der Waals surface area contributed by atoms with Crippen molar-refractivity contribution < 1.29 is 23.8 Å². The fraction of sp³-hybridized carbons (Fsp3) is 0.250. The van der Waals surface area contributed by atoms with Crippen LogP contribution in [-0.2, 0) is 9.53 Å². The van der Waals surface area contributed by atoms with Gasteiger partial charge in [-0.2, -0.15) is 5.10 Å². The topological polar surface area (TPSA) is 86.2 Å². The summed E-state index contributed by atoms with van der Waals surface area (Å²) in [5.74, 6) is 0.378. The number of carbonyl (C=O) groups is 2. The first-order chi connectivity index (χ1) is 13.0. The van der Waals surface area contributed by atoms with E-state index in [4.69, 9.17) is 14.2 Å². The molecule has 7 nitrogen and oxygen atoms in total. The molecular formula is C20H22N2O5. The zero-order chi connectivity index (χ0) is 19.6. The Bertz CT molecular complexity index is 802. The quantitative estimate of drug-likeness (QED) is 0.439. The molecule has 1 atom stereocenters. The molecule has 0 unspecified atom stereocenters. The van der Waals surface area contributed by atoms with Gasteiger partial charge >= 0.3 is 5.97 Å². The number of hydrazone groups is 1. The van der Waals surface area contributed by atoms with Crippen molar-refractivity contribution in [3.8, 4) is 11.5 Å². The van der Waals surface area contributed by atoms with Gasteiger partial charge in [-0.1, -0.05) is 18.2 Å². The van der Waals surface area contributed by atoms with E-state index in [0.717, 1.165) is 5.75 Å². The van der Waals surface area contributed by atoms with Crippen molar-refractivity contribution in [3.63, 3.8) is 0 Å². The van der Waals surface area contributed by atoms with Crippen LogP contribution in [0.3, 0.4) is 0 Å². The van der Waals surface area contributed by atoms with Crippen molar-refractivity contribution >= 4 is 18.1 Å². The number of esters is 1. The number of ether oxygens (including phenoxy) is 3. The zero-order valence-corrected chi connectivity index (χ0v) is 15.5. The lowest BCUT2D eigenvalue weighted by Crippen LogP contribution is -2.33. The highest BCUT2D eigenvalue weighted by Gasteiger charge is 2.14. The summed E-state index contributed by atoms with van der Waals surface area (Å²) in [6.07, 6.45) is 0.629. The van der Waals surface area contributed by atoms with E-state index >= 15 is 0 Å². The highest BCUT2D eigenvalue weighted by Crippen LogP contribution is 2.18. The third kappa shape index (κ3) is 5.85. The highest BCUT2D eigenvalue weighted by molar-refractivity contribution is 5.99. The third-order valence-corrected chi connectivity index (χ3v) is 3.56. The van der Waals surface area contributed by atoms with Crippen LogP contribution in [-0.4, -0.2) is 37.9 Å². The van der Waals surface area contributed by atoms with E-state index in [1.807, 2.05) is 6.92 Å². The molecule has 0 aliphatic rings. The van der Waals surface area contributed by atoms with Crippen LogP contribution < -0.4 is 14.9 Å². The predicted octanol–water partition coefficient (Wildman–Crippen LogP) is 2.79. The van der Waals surface area contributed by atoms with Crippen LogP contribution in [0, 0.1) is 0 Å². The second kappa shape index (κ2) is 9.96. The molecule has 0 heterocycles. The summed E-state index contributed by atoms with van der Waals surface area (Å²) in [6, 6.07) is 13.8. The zero-order valence-electron chi connectivity index (χ0n) is 15.5. The first kappa shape index (κ1) is 20.0. The van der Waals surface area contributed by atoms with E-state index < -0.39 is 18.0 Å². The second-order valence-electron chi connectivity index (χ2n) is 5.48. The van der Waals surface area contributed by atoms with Gasteiger partial charge in [0.05, 0.1) is 25.5 Å². The average Bonchev–Trinajstić information content (AvgIpc) is 2.69. The van der Waals surface area contributed by atoms with Crippen molar-refractivity contribution in [1.29, 1.82) is 0 Å². The Morgan fingerprint density at radius 2 is 1.78 bits per heavy atom. The molecule has 0 spiro atoms. The number of rotatable bonds is 8. The molecule has 2 aromatic carbocycles. The lowest BCUT2D eigenvalue weighted by Gasteiger charge is -2.13. The Kier molecular flexibility index (Phi) is 7.37. The normalized spacial score (nSPS) is 11.7. The van der Waals surface area contributed by atoms with Crippen LogP contribution in [0.4, 0.5) is 0 Å². The van der Waals surface area contributed by atoms with Gasteiger partial charge in [0, 0.05) is 5.56 Å². The van der Waals surface area contributed by atoms with E-state index in [1.165, 1.54) is 13.3 Å². The monoisotopic (exact) mass is 370 g/mol. The summed E-state index contributed by atoms with van der Waals surface area (Å²) in [7, 11) is 1.30. The van der Waals surface area contributed by atoms with Crippen LogP contribution in [0.25, 0.3) is 0 Å². The SMILES string of the molecule is CCOc1ccc(O[C@@H](C)C(=O)N/N=C\c2ccccc2C(=O)OC)cc1. The molecular weight excluding hydrogens is 348 g/mol. The van der Waals surface area contributed by atoms with Gasteiger partial charge in [0.15, 0.2) is 6.10 Å². The maximum atomic E-state index is 12.1. The molecule has 0 fully saturated rings. The smallest absolute Gasteiger partial charge is 0.338 e. The number of nitrogens with one attached hydrogen (secondary N) is 1. The van der Waals surface area contributed by atoms with E-state index in [0.29, 0.717) is 23.5 Å². The highest BCUT2D eigenvalue weighted by atomic mass is 16.5. The number of carbonyl (C=O) groups excluding carboxylic acids is 2. The Morgan fingerprint density at radius 1 is 1.11 bits per heavy atom. The molecule has 0 saturated heterocycles. The minimum atomic E-state index is -0.754. The van der Waals surface area contributed by atoms with Crippen LogP contribution >= 0.6 is 0 Å². The fourth-order valence-corrected chi connectivity index (χ4v) is 2.20. The van der Waals surface area contributed by atoms with Crippen molar-refractivity contribution in [2.24, 2.45) is 5.10 Å². The molecule has 0 aromatic heterocycles. The molecule has 0 saturated carbocycles. The molecule has 0 bridgehead atoms. The van der Waals surface area contributed by atoms with Crippen molar-refractivity contribution in [2.45, 2.75) is 20.0 Å². The second-order valence-corrected chi connectivity index (χ2v) is 5.48. The summed E-state index contributed by atoms with van der Waals surface area (Å²) in [5.41, 5.74) is 3.29. The van der Waals surface area contributed by atoms with Crippen LogP contribution in [0.5, 0.6) is 11.5 Å². The largest absolute Gasteiger partial charge is 0.494 e. The summed E-state index contributed by atoms with van der Waals surface area (Å²) >= 11 is 0. The Morgan fingerprint density at radius 3 is 2.44 bits per heavy atom. The molecule has 142 valence electrons. The van der Waals surface area contributed by atoms with Gasteiger partial charge in [0.2, 0.25) is 0 Å². The van der Waals surface area contributed by atoms with Crippen LogP contribution in [0.1, 0.15) is 29.8 Å². The average molecular weight is 370 g/mol. The summed E-state index contributed by atoms with van der Waals surface area (Å²) < 4.78 is 15.6. The van der Waals surface area contributed by atoms with Crippen LogP contribution in [0.2, 0.25) is 0 Å². The molecule has 27 heavy (non-hydrogen) atoms. The molecule has 1 N–H and O–H groups in total. The molecule has 2 rings (SSSR count). The molecule has 0 radical (unpaired) electrons. The molecule has 2 aromatic rings. The maximum Gasteiger partial charge on any atom is 0.338 e. The fourth-order valence-electron chi connectivity index (χ4n) is 2.20. The van der Waals surface area contributed by atoms with Gasteiger partial charge in [-0.15, -0.1) is 0 Å². The number of amides is 1. The Hall–Kier alpha value is -3.35. The number of methoxy groups -OCH3 is 1. The number of hydrogen-bond acceptors (Lipinski definition) is 6. The Balaban J connectivity index is 1.93. The maximum absolute atomic E-state index is 12.1. The van der Waals surface area contributed by atoms with Crippen molar-refractivity contribution in [3.05, 3.63) is 59.7 Å². The van der Waals surface area contributed by atoms with Gasteiger partial charge in [0.1, 0.15) is 11.5 Å². The lowest BCUT2D eigenvalue weighted by molar-refractivity contribution is -0.127. The predicted molar refractivity (Wildman–Crippen MR) is 101 cm³/mol. The standard InChI is InChI=1S/C20H22N2O5/c1-4-26-16-9-11-17(12-10-16)27-14(2)19(23)22-21-13-15-7-5-6-8-18(15)20(24)25-3/h5-14H,4H2,1-3H3,(H,22,23)/b21-13-/t14-/m0/s1. The van der Waals surface area contributed by atoms with Crippen molar-refractivity contribution in [2.75, 3.05) is 13.7 Å². The number of nitrogens with zero attached hydrogens (tertiary/aromatic N) is 1. The van der Waals surface area contributed by atoms with Gasteiger partial charge in [-0.25, -0.2) is 10.2 Å². The lowest BCUT2D eigenvalue weighted by atomic mass is 10.1. The first-order valence-electron chi connectivity index (χ1n) is 8.45. The number of hydrogen-bond donors (Lipinski definition) is 1.